The number of carbonyl (C=O) groups excluding carboxylic acids is 2. The SMILES string of the molecule is COC(=O)c1ccccc1NC(=O)CSC1CCCCC1. The number of methoxy groups -OCH3 is 1. The summed E-state index contributed by atoms with van der Waals surface area (Å²) in [6, 6.07) is 6.90. The summed E-state index contributed by atoms with van der Waals surface area (Å²) in [6.07, 6.45) is 6.26. The molecule has 1 aliphatic carbocycles. The second kappa shape index (κ2) is 8.08. The van der Waals surface area contributed by atoms with Crippen LogP contribution in [0.4, 0.5) is 5.69 Å². The van der Waals surface area contributed by atoms with Crippen molar-refractivity contribution in [2.45, 2.75) is 37.4 Å². The summed E-state index contributed by atoms with van der Waals surface area (Å²) in [5.41, 5.74) is 0.898. The first-order valence-electron chi connectivity index (χ1n) is 7.29. The number of anilines is 1. The minimum atomic E-state index is -0.439. The van der Waals surface area contributed by atoms with Crippen molar-refractivity contribution >= 4 is 29.3 Å². The number of esters is 1. The van der Waals surface area contributed by atoms with Crippen LogP contribution in [0.2, 0.25) is 0 Å². The van der Waals surface area contributed by atoms with Crippen LogP contribution >= 0.6 is 11.8 Å². The second-order valence-electron chi connectivity index (χ2n) is 5.16. The molecule has 2 rings (SSSR count). The van der Waals surface area contributed by atoms with Crippen molar-refractivity contribution in [2.24, 2.45) is 0 Å². The Morgan fingerprint density at radius 1 is 1.24 bits per heavy atom. The Morgan fingerprint density at radius 3 is 2.67 bits per heavy atom. The van der Waals surface area contributed by atoms with Crippen LogP contribution in [-0.4, -0.2) is 30.0 Å². The van der Waals surface area contributed by atoms with Crippen LogP contribution in [0.1, 0.15) is 42.5 Å². The van der Waals surface area contributed by atoms with E-state index in [-0.39, 0.29) is 5.91 Å². The van der Waals surface area contributed by atoms with Gasteiger partial charge in [-0.3, -0.25) is 4.79 Å². The molecule has 1 fully saturated rings. The van der Waals surface area contributed by atoms with Gasteiger partial charge in [-0.1, -0.05) is 31.4 Å². The summed E-state index contributed by atoms with van der Waals surface area (Å²) in [5, 5.41) is 3.40. The number of thioether (sulfide) groups is 1. The molecule has 1 amide bonds. The Bertz CT molecular complexity index is 498. The van der Waals surface area contributed by atoms with Gasteiger partial charge in [-0.25, -0.2) is 4.79 Å². The van der Waals surface area contributed by atoms with Crippen LogP contribution in [0.25, 0.3) is 0 Å². The smallest absolute Gasteiger partial charge is 0.339 e. The third-order valence-electron chi connectivity index (χ3n) is 3.61. The Labute approximate surface area is 129 Å². The van der Waals surface area contributed by atoms with Crippen LogP contribution in [-0.2, 0) is 9.53 Å². The van der Waals surface area contributed by atoms with Crippen molar-refractivity contribution in [1.82, 2.24) is 0 Å². The van der Waals surface area contributed by atoms with E-state index in [0.29, 0.717) is 22.3 Å². The first-order chi connectivity index (χ1) is 10.2. The van der Waals surface area contributed by atoms with E-state index in [1.165, 1.54) is 39.2 Å². The van der Waals surface area contributed by atoms with Crippen molar-refractivity contribution in [3.8, 4) is 0 Å². The van der Waals surface area contributed by atoms with Crippen molar-refractivity contribution < 1.29 is 14.3 Å². The lowest BCUT2D eigenvalue weighted by molar-refractivity contribution is -0.113. The number of para-hydroxylation sites is 1. The minimum Gasteiger partial charge on any atom is -0.465 e. The number of nitrogens with one attached hydrogen (secondary N) is 1. The van der Waals surface area contributed by atoms with Crippen molar-refractivity contribution in [1.29, 1.82) is 0 Å². The molecule has 1 aromatic carbocycles. The van der Waals surface area contributed by atoms with Gasteiger partial charge in [-0.05, 0) is 25.0 Å². The Hall–Kier alpha value is -1.49. The van der Waals surface area contributed by atoms with Crippen LogP contribution in [0.5, 0.6) is 0 Å². The largest absolute Gasteiger partial charge is 0.465 e. The molecule has 0 spiro atoms. The maximum Gasteiger partial charge on any atom is 0.339 e. The fraction of sp³-hybridized carbons (Fsp3) is 0.500. The van der Waals surface area contributed by atoms with Gasteiger partial charge in [0, 0.05) is 5.25 Å². The average molecular weight is 307 g/mol. The van der Waals surface area contributed by atoms with Crippen LogP contribution in [0, 0.1) is 0 Å². The van der Waals surface area contributed by atoms with E-state index in [4.69, 9.17) is 4.74 Å². The number of ether oxygens (including phenoxy) is 1. The normalized spacial score (nSPS) is 15.5. The molecule has 4 nitrogen and oxygen atoms in total. The molecule has 1 N–H and O–H groups in total. The Kier molecular flexibility index (Phi) is 6.11. The molecule has 0 heterocycles. The molecule has 0 unspecified atom stereocenters. The summed E-state index contributed by atoms with van der Waals surface area (Å²) < 4.78 is 4.72. The van der Waals surface area contributed by atoms with Crippen molar-refractivity contribution in [3.05, 3.63) is 29.8 Å². The summed E-state index contributed by atoms with van der Waals surface area (Å²) in [4.78, 5) is 23.7. The van der Waals surface area contributed by atoms with E-state index in [9.17, 15) is 9.59 Å². The fourth-order valence-corrected chi connectivity index (χ4v) is 3.62. The number of carbonyl (C=O) groups is 2. The molecular weight excluding hydrogens is 286 g/mol. The maximum atomic E-state index is 12.0. The monoisotopic (exact) mass is 307 g/mol. The molecule has 0 aliphatic heterocycles. The predicted octanol–water partition coefficient (Wildman–Crippen LogP) is 3.48. The number of benzene rings is 1. The molecule has 1 aliphatic rings. The maximum absolute atomic E-state index is 12.0. The lowest BCUT2D eigenvalue weighted by atomic mass is 10.0. The summed E-state index contributed by atoms with van der Waals surface area (Å²) in [7, 11) is 1.33. The molecule has 21 heavy (non-hydrogen) atoms. The van der Waals surface area contributed by atoms with Gasteiger partial charge in [0.1, 0.15) is 0 Å². The number of rotatable bonds is 5. The van der Waals surface area contributed by atoms with Crippen LogP contribution in [0.15, 0.2) is 24.3 Å². The molecule has 5 heteroatoms. The molecule has 1 aromatic rings. The van der Waals surface area contributed by atoms with Gasteiger partial charge in [0.05, 0.1) is 24.1 Å². The van der Waals surface area contributed by atoms with Gasteiger partial charge in [-0.15, -0.1) is 11.8 Å². The summed E-state index contributed by atoms with van der Waals surface area (Å²) in [5.74, 6) is -0.0760. The first-order valence-corrected chi connectivity index (χ1v) is 8.34. The topological polar surface area (TPSA) is 55.4 Å². The van der Waals surface area contributed by atoms with Gasteiger partial charge in [0.15, 0.2) is 0 Å². The minimum absolute atomic E-state index is 0.0677. The van der Waals surface area contributed by atoms with E-state index in [1.807, 2.05) is 0 Å². The standard InChI is InChI=1S/C16H21NO3S/c1-20-16(19)13-9-5-6-10-14(13)17-15(18)11-21-12-7-3-2-4-8-12/h5-6,9-10,12H,2-4,7-8,11H2,1H3,(H,17,18). The fourth-order valence-electron chi connectivity index (χ4n) is 2.49. The number of hydrogen-bond donors (Lipinski definition) is 1. The lowest BCUT2D eigenvalue weighted by Crippen LogP contribution is -2.19. The van der Waals surface area contributed by atoms with E-state index in [1.54, 1.807) is 36.0 Å². The van der Waals surface area contributed by atoms with Gasteiger partial charge < -0.3 is 10.1 Å². The van der Waals surface area contributed by atoms with E-state index < -0.39 is 5.97 Å². The van der Waals surface area contributed by atoms with Crippen molar-refractivity contribution in [3.63, 3.8) is 0 Å². The first kappa shape index (κ1) is 15.9. The highest BCUT2D eigenvalue weighted by Gasteiger charge is 2.17. The van der Waals surface area contributed by atoms with E-state index >= 15 is 0 Å². The van der Waals surface area contributed by atoms with Gasteiger partial charge >= 0.3 is 5.97 Å². The lowest BCUT2D eigenvalue weighted by Gasteiger charge is -2.20. The Morgan fingerprint density at radius 2 is 1.95 bits per heavy atom. The zero-order valence-electron chi connectivity index (χ0n) is 12.3. The van der Waals surface area contributed by atoms with E-state index in [0.717, 1.165) is 0 Å². The predicted molar refractivity (Wildman–Crippen MR) is 85.7 cm³/mol. The zero-order valence-corrected chi connectivity index (χ0v) is 13.1. The van der Waals surface area contributed by atoms with E-state index in [2.05, 4.69) is 5.32 Å². The van der Waals surface area contributed by atoms with Gasteiger partial charge in [-0.2, -0.15) is 0 Å². The van der Waals surface area contributed by atoms with Crippen molar-refractivity contribution in [2.75, 3.05) is 18.2 Å². The highest BCUT2D eigenvalue weighted by molar-refractivity contribution is 8.00. The Balaban J connectivity index is 1.88. The molecule has 0 atom stereocenters. The van der Waals surface area contributed by atoms with Crippen LogP contribution < -0.4 is 5.32 Å². The highest BCUT2D eigenvalue weighted by Crippen LogP contribution is 2.28. The molecule has 114 valence electrons. The highest BCUT2D eigenvalue weighted by atomic mass is 32.2. The summed E-state index contributed by atoms with van der Waals surface area (Å²) >= 11 is 1.72. The molecular formula is C16H21NO3S. The van der Waals surface area contributed by atoms with Crippen LogP contribution in [0.3, 0.4) is 0 Å². The zero-order chi connectivity index (χ0) is 15.1. The molecule has 0 aromatic heterocycles. The number of hydrogen-bond acceptors (Lipinski definition) is 4. The third kappa shape index (κ3) is 4.77. The average Bonchev–Trinajstić information content (AvgIpc) is 2.54. The third-order valence-corrected chi connectivity index (χ3v) is 4.98. The molecule has 0 radical (unpaired) electrons. The number of amides is 1. The quantitative estimate of drug-likeness (QED) is 0.846. The van der Waals surface area contributed by atoms with Gasteiger partial charge in [0.2, 0.25) is 5.91 Å². The summed E-state index contributed by atoms with van der Waals surface area (Å²) in [6.45, 7) is 0. The molecule has 1 saturated carbocycles. The molecule has 0 bridgehead atoms. The van der Waals surface area contributed by atoms with Gasteiger partial charge in [0.25, 0.3) is 0 Å². The second-order valence-corrected chi connectivity index (χ2v) is 6.45. The molecule has 0 saturated heterocycles.